The van der Waals surface area contributed by atoms with Crippen LogP contribution in [0.25, 0.3) is 28.0 Å². The number of nitrogens with zero attached hydrogens (tertiary/aromatic N) is 6. The van der Waals surface area contributed by atoms with Crippen LogP contribution in [0.2, 0.25) is 5.02 Å². The summed E-state index contributed by atoms with van der Waals surface area (Å²) in [6.07, 6.45) is 9.30. The Bertz CT molecular complexity index is 1280. The number of pyridine rings is 2. The lowest BCUT2D eigenvalue weighted by molar-refractivity contribution is 0.312. The normalized spacial score (nSPS) is 13.9. The van der Waals surface area contributed by atoms with Gasteiger partial charge in [-0.05, 0) is 30.8 Å². The van der Waals surface area contributed by atoms with Crippen molar-refractivity contribution in [2.75, 3.05) is 50.5 Å². The van der Waals surface area contributed by atoms with E-state index in [2.05, 4.69) is 49.9 Å². The molecule has 1 aromatic carbocycles. The van der Waals surface area contributed by atoms with E-state index in [4.69, 9.17) is 11.6 Å². The van der Waals surface area contributed by atoms with E-state index in [0.29, 0.717) is 0 Å². The monoisotopic (exact) mass is 475 g/mol. The van der Waals surface area contributed by atoms with E-state index < -0.39 is 0 Å². The Morgan fingerprint density at radius 1 is 1.03 bits per heavy atom. The summed E-state index contributed by atoms with van der Waals surface area (Å²) in [5, 5.41) is 9.94. The molecule has 4 heterocycles. The number of aromatic nitrogens is 4. The molecule has 0 unspecified atom stereocenters. The Morgan fingerprint density at radius 2 is 1.82 bits per heavy atom. The first-order chi connectivity index (χ1) is 16.5. The molecule has 1 aliphatic heterocycles. The zero-order valence-electron chi connectivity index (χ0n) is 19.9. The number of benzene rings is 1. The molecule has 176 valence electrons. The second-order valence-electron chi connectivity index (χ2n) is 8.31. The fourth-order valence-electron chi connectivity index (χ4n) is 3.87. The first-order valence-electron chi connectivity index (χ1n) is 11.3. The molecule has 0 radical (unpaired) electrons. The largest absolute Gasteiger partial charge is 0.373 e. The minimum atomic E-state index is 0.726. The molecular formula is C26H30ClN7. The number of hydrogen-bond acceptors (Lipinski definition) is 6. The van der Waals surface area contributed by atoms with E-state index in [1.54, 1.807) is 4.68 Å². The molecule has 34 heavy (non-hydrogen) atoms. The van der Waals surface area contributed by atoms with Gasteiger partial charge in [0.2, 0.25) is 0 Å². The molecule has 0 saturated carbocycles. The fourth-order valence-corrected chi connectivity index (χ4v) is 4.21. The van der Waals surface area contributed by atoms with Crippen LogP contribution in [0.1, 0.15) is 5.56 Å². The Labute approximate surface area is 205 Å². The van der Waals surface area contributed by atoms with Crippen LogP contribution in [0.3, 0.4) is 0 Å². The highest BCUT2D eigenvalue weighted by molar-refractivity contribution is 6.38. The highest BCUT2D eigenvalue weighted by atomic mass is 35.5. The average molecular weight is 476 g/mol. The van der Waals surface area contributed by atoms with E-state index in [1.807, 2.05) is 69.2 Å². The van der Waals surface area contributed by atoms with Gasteiger partial charge < -0.3 is 15.1 Å². The molecular weight excluding hydrogens is 446 g/mol. The van der Waals surface area contributed by atoms with Gasteiger partial charge in [0.05, 0.1) is 11.2 Å². The first kappa shape index (κ1) is 23.7. The third-order valence-electron chi connectivity index (χ3n) is 5.94. The van der Waals surface area contributed by atoms with E-state index in [9.17, 15) is 0 Å². The van der Waals surface area contributed by atoms with Gasteiger partial charge in [0.25, 0.3) is 0 Å². The molecule has 5 rings (SSSR count). The van der Waals surface area contributed by atoms with Gasteiger partial charge in [-0.25, -0.2) is 9.97 Å². The van der Waals surface area contributed by atoms with Crippen molar-refractivity contribution >= 4 is 40.1 Å². The van der Waals surface area contributed by atoms with Crippen LogP contribution in [-0.4, -0.2) is 64.9 Å². The molecule has 0 aliphatic carbocycles. The van der Waals surface area contributed by atoms with Crippen LogP contribution >= 0.6 is 11.6 Å². The van der Waals surface area contributed by atoms with Crippen LogP contribution in [-0.2, 0) is 7.05 Å². The Hall–Kier alpha value is -3.42. The second kappa shape index (κ2) is 10.7. The number of fused-ring (bicyclic) bond motifs is 1. The summed E-state index contributed by atoms with van der Waals surface area (Å²) in [5.41, 5.74) is 3.13. The summed E-state index contributed by atoms with van der Waals surface area (Å²) in [5.74, 6) is 1.87. The molecule has 0 atom stereocenters. The van der Waals surface area contributed by atoms with Crippen molar-refractivity contribution in [3.8, 4) is 11.1 Å². The summed E-state index contributed by atoms with van der Waals surface area (Å²) in [4.78, 5) is 13.3. The van der Waals surface area contributed by atoms with Crippen molar-refractivity contribution in [3.05, 3.63) is 72.3 Å². The highest BCUT2D eigenvalue weighted by Crippen LogP contribution is 2.34. The lowest BCUT2D eigenvalue weighted by Crippen LogP contribution is -2.44. The maximum atomic E-state index is 6.52. The zero-order valence-corrected chi connectivity index (χ0v) is 20.6. The first-order valence-corrected chi connectivity index (χ1v) is 11.6. The van der Waals surface area contributed by atoms with Crippen LogP contribution in [0.5, 0.6) is 0 Å². The Balaban J connectivity index is 0.000000166. The van der Waals surface area contributed by atoms with E-state index in [-0.39, 0.29) is 0 Å². The number of rotatable bonds is 4. The number of halogens is 1. The standard InChI is InChI=1S/C14H13ClN4.C12H17N3/c1-16-13-5-12-9(6-17-13)3-4-11(14(12)15)10-7-18-19(2)8-10;1-3-11-4-5-13-12(10-11)15-8-6-14(2)7-9-15/h3-8H,1-2H3,(H,16,17);3-5,10H,1,6-9H2,2H3. The summed E-state index contributed by atoms with van der Waals surface area (Å²) in [6.45, 7) is 8.12. The van der Waals surface area contributed by atoms with Crippen molar-refractivity contribution in [2.45, 2.75) is 0 Å². The Kier molecular flexibility index (Phi) is 7.45. The maximum absolute atomic E-state index is 6.52. The van der Waals surface area contributed by atoms with Gasteiger partial charge in [-0.3, -0.25) is 4.68 Å². The molecule has 0 amide bonds. The topological polar surface area (TPSA) is 62.1 Å². The van der Waals surface area contributed by atoms with Crippen molar-refractivity contribution < 1.29 is 0 Å². The molecule has 3 aromatic heterocycles. The van der Waals surface area contributed by atoms with Gasteiger partial charge in [-0.2, -0.15) is 5.10 Å². The number of aryl methyl sites for hydroxylation is 1. The number of piperazine rings is 1. The lowest BCUT2D eigenvalue weighted by atomic mass is 10.0. The number of anilines is 2. The van der Waals surface area contributed by atoms with E-state index in [0.717, 1.165) is 70.3 Å². The van der Waals surface area contributed by atoms with Crippen molar-refractivity contribution in [1.29, 1.82) is 0 Å². The van der Waals surface area contributed by atoms with E-state index >= 15 is 0 Å². The van der Waals surface area contributed by atoms with Crippen molar-refractivity contribution in [3.63, 3.8) is 0 Å². The Morgan fingerprint density at radius 3 is 2.50 bits per heavy atom. The molecule has 0 bridgehead atoms. The summed E-state index contributed by atoms with van der Waals surface area (Å²) in [7, 11) is 5.89. The summed E-state index contributed by atoms with van der Waals surface area (Å²) < 4.78 is 1.77. The average Bonchev–Trinajstić information content (AvgIpc) is 3.31. The molecule has 0 spiro atoms. The maximum Gasteiger partial charge on any atom is 0.129 e. The zero-order chi connectivity index (χ0) is 24.1. The number of nitrogens with one attached hydrogen (secondary N) is 1. The summed E-state index contributed by atoms with van der Waals surface area (Å²) >= 11 is 6.52. The van der Waals surface area contributed by atoms with Gasteiger partial charge in [-0.15, -0.1) is 0 Å². The van der Waals surface area contributed by atoms with Crippen LogP contribution in [0, 0.1) is 0 Å². The summed E-state index contributed by atoms with van der Waals surface area (Å²) in [6, 6.07) is 10.1. The minimum Gasteiger partial charge on any atom is -0.373 e. The van der Waals surface area contributed by atoms with Gasteiger partial charge in [-0.1, -0.05) is 36.4 Å². The SMILES string of the molecule is C=Cc1ccnc(N2CCN(C)CC2)c1.CNc1cc2c(Cl)c(-c3cnn(C)c3)ccc2cn1. The quantitative estimate of drug-likeness (QED) is 0.457. The predicted molar refractivity (Wildman–Crippen MR) is 143 cm³/mol. The second-order valence-corrected chi connectivity index (χ2v) is 8.69. The molecule has 1 saturated heterocycles. The predicted octanol–water partition coefficient (Wildman–Crippen LogP) is 4.81. The molecule has 8 heteroatoms. The van der Waals surface area contributed by atoms with Crippen LogP contribution in [0.4, 0.5) is 11.6 Å². The number of likely N-dealkylation sites (N-methyl/N-ethyl adjacent to an activating group) is 1. The molecule has 1 fully saturated rings. The van der Waals surface area contributed by atoms with Gasteiger partial charge in [0.1, 0.15) is 11.6 Å². The van der Waals surface area contributed by atoms with Crippen LogP contribution < -0.4 is 10.2 Å². The van der Waals surface area contributed by atoms with Crippen molar-refractivity contribution in [2.24, 2.45) is 7.05 Å². The molecule has 1 N–H and O–H groups in total. The number of hydrogen-bond donors (Lipinski definition) is 1. The van der Waals surface area contributed by atoms with Crippen molar-refractivity contribution in [1.82, 2.24) is 24.6 Å². The van der Waals surface area contributed by atoms with E-state index in [1.165, 1.54) is 0 Å². The third-order valence-corrected chi connectivity index (χ3v) is 6.35. The molecule has 4 aromatic rings. The van der Waals surface area contributed by atoms with Crippen LogP contribution in [0.15, 0.2) is 61.7 Å². The van der Waals surface area contributed by atoms with Gasteiger partial charge >= 0.3 is 0 Å². The fraction of sp³-hybridized carbons (Fsp3) is 0.269. The third kappa shape index (κ3) is 5.38. The smallest absolute Gasteiger partial charge is 0.129 e. The highest BCUT2D eigenvalue weighted by Gasteiger charge is 2.15. The minimum absolute atomic E-state index is 0.726. The van der Waals surface area contributed by atoms with Gasteiger partial charge in [0.15, 0.2) is 0 Å². The molecule has 7 nitrogen and oxygen atoms in total. The van der Waals surface area contributed by atoms with Gasteiger partial charge in [0, 0.05) is 80.8 Å². The lowest BCUT2D eigenvalue weighted by Gasteiger charge is -2.33. The molecule has 1 aliphatic rings.